The average Bonchev–Trinajstić information content (AvgIpc) is 3.50. The highest BCUT2D eigenvalue weighted by Crippen LogP contribution is 2.37. The number of hydrogen-bond acceptors (Lipinski definition) is 6. The maximum Gasteiger partial charge on any atom is 0.278 e. The van der Waals surface area contributed by atoms with Gasteiger partial charge in [-0.05, 0) is 73.7 Å². The monoisotopic (exact) mass is 587 g/mol. The number of benzene rings is 3. The Labute approximate surface area is 232 Å². The van der Waals surface area contributed by atoms with E-state index in [1.54, 1.807) is 42.5 Å². The van der Waals surface area contributed by atoms with Crippen molar-refractivity contribution < 1.29 is 18.8 Å². The van der Waals surface area contributed by atoms with Crippen LogP contribution in [-0.4, -0.2) is 22.6 Å². The summed E-state index contributed by atoms with van der Waals surface area (Å²) in [5, 5.41) is 6.02. The zero-order chi connectivity index (χ0) is 26.6. The molecule has 190 valence electrons. The molecule has 0 fully saturated rings. The fourth-order valence-corrected chi connectivity index (χ4v) is 5.07. The molecule has 0 radical (unpaired) electrons. The number of aryl methyl sites for hydroxylation is 1. The SMILES string of the molecule is Cc1ccc(C(=O)Nc2cccc(SC3=C(Nc4ccc(Br)cc4)C(=O)N(Cc4ccco4)C3=O)c2)cc1. The van der Waals surface area contributed by atoms with E-state index in [-0.39, 0.29) is 23.1 Å². The molecule has 3 amide bonds. The molecule has 0 saturated heterocycles. The van der Waals surface area contributed by atoms with E-state index < -0.39 is 11.8 Å². The summed E-state index contributed by atoms with van der Waals surface area (Å²) in [4.78, 5) is 41.6. The normalized spacial score (nSPS) is 13.3. The van der Waals surface area contributed by atoms with Crippen LogP contribution in [-0.2, 0) is 16.1 Å². The summed E-state index contributed by atoms with van der Waals surface area (Å²) >= 11 is 4.57. The second-order valence-corrected chi connectivity index (χ2v) is 10.6. The van der Waals surface area contributed by atoms with Crippen molar-refractivity contribution in [3.63, 3.8) is 0 Å². The average molecular weight is 588 g/mol. The second-order valence-electron chi connectivity index (χ2n) is 8.56. The van der Waals surface area contributed by atoms with Gasteiger partial charge in [0.2, 0.25) is 0 Å². The number of thioether (sulfide) groups is 1. The summed E-state index contributed by atoms with van der Waals surface area (Å²) < 4.78 is 6.26. The molecule has 7 nitrogen and oxygen atoms in total. The summed E-state index contributed by atoms with van der Waals surface area (Å²) in [5.74, 6) is -0.604. The summed E-state index contributed by atoms with van der Waals surface area (Å²) in [6.45, 7) is 1.98. The lowest BCUT2D eigenvalue weighted by Gasteiger charge is -2.13. The Bertz CT molecular complexity index is 1530. The third-order valence-corrected chi connectivity index (χ3v) is 7.36. The molecule has 38 heavy (non-hydrogen) atoms. The minimum absolute atomic E-state index is 0.0207. The Morgan fingerprint density at radius 3 is 2.39 bits per heavy atom. The number of rotatable bonds is 8. The van der Waals surface area contributed by atoms with Gasteiger partial charge in [0.25, 0.3) is 17.7 Å². The Hall–Kier alpha value is -4.08. The highest BCUT2D eigenvalue weighted by molar-refractivity contribution is 9.10. The predicted octanol–water partition coefficient (Wildman–Crippen LogP) is 6.59. The van der Waals surface area contributed by atoms with Gasteiger partial charge in [0.1, 0.15) is 16.4 Å². The van der Waals surface area contributed by atoms with Crippen molar-refractivity contribution in [1.29, 1.82) is 0 Å². The van der Waals surface area contributed by atoms with Gasteiger partial charge in [-0.3, -0.25) is 19.3 Å². The molecule has 0 unspecified atom stereocenters. The van der Waals surface area contributed by atoms with Gasteiger partial charge in [0.05, 0.1) is 12.8 Å². The third kappa shape index (κ3) is 5.74. The fraction of sp³-hybridized carbons (Fsp3) is 0.0690. The van der Waals surface area contributed by atoms with Crippen LogP contribution in [0.2, 0.25) is 0 Å². The van der Waals surface area contributed by atoms with Gasteiger partial charge < -0.3 is 15.1 Å². The van der Waals surface area contributed by atoms with E-state index in [9.17, 15) is 14.4 Å². The van der Waals surface area contributed by atoms with Crippen LogP contribution in [0.1, 0.15) is 21.7 Å². The van der Waals surface area contributed by atoms with Gasteiger partial charge >= 0.3 is 0 Å². The van der Waals surface area contributed by atoms with Gasteiger partial charge in [-0.1, -0.05) is 51.5 Å². The van der Waals surface area contributed by atoms with Crippen LogP contribution in [0.15, 0.2) is 116 Å². The van der Waals surface area contributed by atoms with Crippen LogP contribution in [0.5, 0.6) is 0 Å². The summed E-state index contributed by atoms with van der Waals surface area (Å²) in [5.41, 5.74) is 3.04. The van der Waals surface area contributed by atoms with E-state index in [2.05, 4.69) is 26.6 Å². The summed E-state index contributed by atoms with van der Waals surface area (Å²) in [6.07, 6.45) is 1.50. The largest absolute Gasteiger partial charge is 0.467 e. The lowest BCUT2D eigenvalue weighted by molar-refractivity contribution is -0.138. The Morgan fingerprint density at radius 2 is 1.68 bits per heavy atom. The number of amides is 3. The quantitative estimate of drug-likeness (QED) is 0.226. The number of imide groups is 1. The highest BCUT2D eigenvalue weighted by atomic mass is 79.9. The summed E-state index contributed by atoms with van der Waals surface area (Å²) in [6, 6.07) is 25.2. The smallest absolute Gasteiger partial charge is 0.278 e. The van der Waals surface area contributed by atoms with Crippen LogP contribution >= 0.6 is 27.7 Å². The Kier molecular flexibility index (Phi) is 7.48. The molecule has 1 aliphatic rings. The molecule has 4 aromatic rings. The third-order valence-electron chi connectivity index (χ3n) is 5.76. The van der Waals surface area contributed by atoms with Crippen molar-refractivity contribution in [2.45, 2.75) is 18.4 Å². The van der Waals surface area contributed by atoms with E-state index >= 15 is 0 Å². The van der Waals surface area contributed by atoms with Crippen LogP contribution < -0.4 is 10.6 Å². The minimum Gasteiger partial charge on any atom is -0.467 e. The number of hydrogen-bond donors (Lipinski definition) is 2. The number of carbonyl (C=O) groups excluding carboxylic acids is 3. The molecular weight excluding hydrogens is 566 g/mol. The molecule has 0 saturated carbocycles. The molecule has 1 aromatic heterocycles. The number of carbonyl (C=O) groups is 3. The highest BCUT2D eigenvalue weighted by Gasteiger charge is 2.39. The maximum absolute atomic E-state index is 13.4. The summed E-state index contributed by atoms with van der Waals surface area (Å²) in [7, 11) is 0. The molecule has 0 aliphatic carbocycles. The van der Waals surface area contributed by atoms with Crippen molar-refractivity contribution >= 4 is 56.8 Å². The van der Waals surface area contributed by atoms with Crippen LogP contribution in [0.4, 0.5) is 11.4 Å². The van der Waals surface area contributed by atoms with Crippen molar-refractivity contribution in [2.75, 3.05) is 10.6 Å². The molecule has 0 atom stereocenters. The number of anilines is 2. The van der Waals surface area contributed by atoms with Gasteiger partial charge in [-0.15, -0.1) is 0 Å². The molecule has 2 N–H and O–H groups in total. The van der Waals surface area contributed by atoms with Gasteiger partial charge in [0, 0.05) is 26.3 Å². The van der Waals surface area contributed by atoms with Crippen molar-refractivity contribution in [2.24, 2.45) is 0 Å². The first-order chi connectivity index (χ1) is 18.4. The van der Waals surface area contributed by atoms with Crippen LogP contribution in [0.3, 0.4) is 0 Å². The van der Waals surface area contributed by atoms with Gasteiger partial charge in [-0.2, -0.15) is 0 Å². The molecule has 3 aromatic carbocycles. The van der Waals surface area contributed by atoms with Crippen molar-refractivity contribution in [3.8, 4) is 0 Å². The van der Waals surface area contributed by atoms with Crippen molar-refractivity contribution in [3.05, 3.63) is 123 Å². The lowest BCUT2D eigenvalue weighted by Crippen LogP contribution is -2.31. The first kappa shape index (κ1) is 25.6. The molecule has 9 heteroatoms. The number of nitrogens with one attached hydrogen (secondary N) is 2. The second kappa shape index (κ2) is 11.1. The van der Waals surface area contributed by atoms with Crippen LogP contribution in [0.25, 0.3) is 0 Å². The first-order valence-corrected chi connectivity index (χ1v) is 13.3. The van der Waals surface area contributed by atoms with E-state index in [1.807, 2.05) is 49.4 Å². The number of furan rings is 1. The molecule has 0 spiro atoms. The molecule has 5 rings (SSSR count). The van der Waals surface area contributed by atoms with Gasteiger partial charge in [-0.25, -0.2) is 0 Å². The minimum atomic E-state index is -0.444. The topological polar surface area (TPSA) is 91.7 Å². The maximum atomic E-state index is 13.4. The zero-order valence-electron chi connectivity index (χ0n) is 20.2. The lowest BCUT2D eigenvalue weighted by atomic mass is 10.1. The zero-order valence-corrected chi connectivity index (χ0v) is 22.6. The Morgan fingerprint density at radius 1 is 0.921 bits per heavy atom. The predicted molar refractivity (Wildman–Crippen MR) is 150 cm³/mol. The standard InChI is InChI=1S/C29H22BrN3O4S/c1-18-7-9-19(10-8-18)27(34)32-22-4-2-6-24(16-22)38-26-25(31-21-13-11-20(30)12-14-21)28(35)33(29(26)36)17-23-5-3-15-37-23/h2-16,31H,17H2,1H3,(H,32,34). The fourth-order valence-electron chi connectivity index (χ4n) is 3.80. The van der Waals surface area contributed by atoms with E-state index in [4.69, 9.17) is 4.42 Å². The van der Waals surface area contributed by atoms with E-state index in [0.29, 0.717) is 27.6 Å². The molecule has 2 heterocycles. The first-order valence-electron chi connectivity index (χ1n) is 11.7. The number of nitrogens with zero attached hydrogens (tertiary/aromatic N) is 1. The molecular formula is C29H22BrN3O4S. The van der Waals surface area contributed by atoms with Crippen LogP contribution in [0, 0.1) is 6.92 Å². The molecule has 0 bridgehead atoms. The van der Waals surface area contributed by atoms with Crippen molar-refractivity contribution in [1.82, 2.24) is 4.90 Å². The number of halogens is 1. The van der Waals surface area contributed by atoms with E-state index in [0.717, 1.165) is 26.7 Å². The molecule has 1 aliphatic heterocycles. The van der Waals surface area contributed by atoms with E-state index in [1.165, 1.54) is 6.26 Å². The van der Waals surface area contributed by atoms with Gasteiger partial charge in [0.15, 0.2) is 0 Å². The Balaban J connectivity index is 1.41.